The van der Waals surface area contributed by atoms with Gasteiger partial charge in [0, 0.05) is 16.6 Å². The van der Waals surface area contributed by atoms with Crippen molar-refractivity contribution in [2.24, 2.45) is 17.3 Å². The van der Waals surface area contributed by atoms with Gasteiger partial charge in [-0.3, -0.25) is 9.59 Å². The standard InChI is InChI=1S/C16H19BrN2O2S/c1-9(20)12-7-22-14(18-12)19-13(21)15-3-10-2-11(4-15)6-16(17,5-10)8-15/h7,10-11H,2-6,8H2,1H3,(H,18,19,21). The molecule has 4 nitrogen and oxygen atoms in total. The molecule has 4 aliphatic rings. The Morgan fingerprint density at radius 1 is 1.32 bits per heavy atom. The molecule has 4 aliphatic carbocycles. The van der Waals surface area contributed by atoms with Crippen LogP contribution in [0.15, 0.2) is 5.38 Å². The van der Waals surface area contributed by atoms with E-state index >= 15 is 0 Å². The van der Waals surface area contributed by atoms with Gasteiger partial charge in [0.1, 0.15) is 5.69 Å². The van der Waals surface area contributed by atoms with Gasteiger partial charge >= 0.3 is 0 Å². The number of anilines is 1. The summed E-state index contributed by atoms with van der Waals surface area (Å²) in [6.45, 7) is 1.49. The number of alkyl halides is 1. The Labute approximate surface area is 142 Å². The number of nitrogens with one attached hydrogen (secondary N) is 1. The quantitative estimate of drug-likeness (QED) is 0.634. The number of amides is 1. The van der Waals surface area contributed by atoms with Crippen molar-refractivity contribution in [2.45, 2.75) is 49.8 Å². The molecule has 0 radical (unpaired) electrons. The molecule has 2 unspecified atom stereocenters. The van der Waals surface area contributed by atoms with Gasteiger partial charge in [0.2, 0.25) is 5.91 Å². The zero-order chi connectivity index (χ0) is 15.5. The Balaban J connectivity index is 1.56. The van der Waals surface area contributed by atoms with Gasteiger partial charge in [-0.05, 0) is 50.4 Å². The summed E-state index contributed by atoms with van der Waals surface area (Å²) in [4.78, 5) is 28.5. The van der Waals surface area contributed by atoms with Crippen LogP contribution in [0.4, 0.5) is 5.13 Å². The summed E-state index contributed by atoms with van der Waals surface area (Å²) >= 11 is 5.27. The number of carbonyl (C=O) groups is 2. The summed E-state index contributed by atoms with van der Waals surface area (Å²) in [6.07, 6.45) is 6.66. The number of hydrogen-bond donors (Lipinski definition) is 1. The van der Waals surface area contributed by atoms with Gasteiger partial charge in [-0.2, -0.15) is 0 Å². The summed E-state index contributed by atoms with van der Waals surface area (Å²) in [5, 5.41) is 5.25. The lowest BCUT2D eigenvalue weighted by atomic mass is 9.49. The zero-order valence-corrected chi connectivity index (χ0v) is 14.9. The van der Waals surface area contributed by atoms with Crippen molar-refractivity contribution < 1.29 is 9.59 Å². The second-order valence-corrected chi connectivity index (χ2v) is 9.98. The van der Waals surface area contributed by atoms with Crippen LogP contribution in [0.1, 0.15) is 55.9 Å². The fraction of sp³-hybridized carbons (Fsp3) is 0.688. The highest BCUT2D eigenvalue weighted by Crippen LogP contribution is 2.64. The van der Waals surface area contributed by atoms with E-state index in [1.807, 2.05) is 0 Å². The Morgan fingerprint density at radius 3 is 2.55 bits per heavy atom. The SMILES string of the molecule is CC(=O)c1csc(NC(=O)C23CC4CC(CC(Br)(C4)C2)C3)n1. The average molecular weight is 383 g/mol. The first-order valence-corrected chi connectivity index (χ1v) is 9.52. The lowest BCUT2D eigenvalue weighted by molar-refractivity contribution is -0.138. The zero-order valence-electron chi connectivity index (χ0n) is 12.5. The van der Waals surface area contributed by atoms with E-state index in [4.69, 9.17) is 0 Å². The summed E-state index contributed by atoms with van der Waals surface area (Å²) in [6, 6.07) is 0. The van der Waals surface area contributed by atoms with E-state index in [2.05, 4.69) is 26.2 Å². The first kappa shape index (κ1) is 14.8. The molecule has 1 N–H and O–H groups in total. The Bertz CT molecular complexity index is 642. The number of rotatable bonds is 3. The summed E-state index contributed by atoms with van der Waals surface area (Å²) < 4.78 is 0.168. The molecular formula is C16H19BrN2O2S. The maximum Gasteiger partial charge on any atom is 0.232 e. The van der Waals surface area contributed by atoms with Crippen LogP contribution in [-0.2, 0) is 4.79 Å². The second kappa shape index (κ2) is 4.87. The van der Waals surface area contributed by atoms with E-state index in [1.165, 1.54) is 37.5 Å². The van der Waals surface area contributed by atoms with E-state index in [-0.39, 0.29) is 21.4 Å². The summed E-state index contributed by atoms with van der Waals surface area (Å²) in [7, 11) is 0. The van der Waals surface area contributed by atoms with Crippen LogP contribution in [0.2, 0.25) is 0 Å². The number of thiazole rings is 1. The number of nitrogens with zero attached hydrogens (tertiary/aromatic N) is 1. The van der Waals surface area contributed by atoms with Gasteiger partial charge in [-0.15, -0.1) is 11.3 Å². The molecular weight excluding hydrogens is 364 g/mol. The van der Waals surface area contributed by atoms with Gasteiger partial charge in [-0.1, -0.05) is 15.9 Å². The van der Waals surface area contributed by atoms with Crippen LogP contribution in [-0.4, -0.2) is 21.0 Å². The molecule has 2 atom stereocenters. The molecule has 0 spiro atoms. The molecule has 4 saturated carbocycles. The van der Waals surface area contributed by atoms with Crippen molar-refractivity contribution in [3.63, 3.8) is 0 Å². The van der Waals surface area contributed by atoms with Crippen molar-refractivity contribution >= 4 is 44.1 Å². The smallest absolute Gasteiger partial charge is 0.232 e. The first-order valence-electron chi connectivity index (χ1n) is 7.84. The van der Waals surface area contributed by atoms with Gasteiger partial charge in [0.05, 0.1) is 5.41 Å². The van der Waals surface area contributed by atoms with E-state index in [9.17, 15) is 9.59 Å². The number of halogens is 1. The molecule has 1 amide bonds. The maximum atomic E-state index is 12.9. The Kier molecular flexibility index (Phi) is 3.28. The third-order valence-electron chi connectivity index (χ3n) is 5.56. The third kappa shape index (κ3) is 2.35. The minimum Gasteiger partial charge on any atom is -0.301 e. The fourth-order valence-corrected chi connectivity index (χ4v) is 7.34. The molecule has 4 bridgehead atoms. The third-order valence-corrected chi connectivity index (χ3v) is 7.24. The van der Waals surface area contributed by atoms with Crippen LogP contribution in [0, 0.1) is 17.3 Å². The first-order chi connectivity index (χ1) is 10.4. The van der Waals surface area contributed by atoms with E-state index < -0.39 is 0 Å². The number of Topliss-reactive ketones (excluding diaryl/α,β-unsaturated/α-hetero) is 1. The van der Waals surface area contributed by atoms with Crippen LogP contribution in [0.5, 0.6) is 0 Å². The maximum absolute atomic E-state index is 12.9. The lowest BCUT2D eigenvalue weighted by Gasteiger charge is -2.59. The minimum absolute atomic E-state index is 0.0639. The molecule has 6 heteroatoms. The van der Waals surface area contributed by atoms with Gasteiger partial charge in [0.15, 0.2) is 10.9 Å². The predicted molar refractivity (Wildman–Crippen MR) is 89.5 cm³/mol. The van der Waals surface area contributed by atoms with Crippen LogP contribution in [0.3, 0.4) is 0 Å². The molecule has 0 aliphatic heterocycles. The molecule has 1 aromatic rings. The molecule has 0 aromatic carbocycles. The van der Waals surface area contributed by atoms with E-state index in [0.717, 1.165) is 19.3 Å². The fourth-order valence-electron chi connectivity index (χ4n) is 5.14. The van der Waals surface area contributed by atoms with Gasteiger partial charge < -0.3 is 5.32 Å². The Hall–Kier alpha value is -0.750. The van der Waals surface area contributed by atoms with Crippen molar-refractivity contribution in [2.75, 3.05) is 5.32 Å². The predicted octanol–water partition coefficient (Wildman–Crippen LogP) is 4.02. The monoisotopic (exact) mass is 382 g/mol. The van der Waals surface area contributed by atoms with Gasteiger partial charge in [-0.25, -0.2) is 4.98 Å². The molecule has 5 rings (SSSR count). The van der Waals surface area contributed by atoms with Crippen LogP contribution >= 0.6 is 27.3 Å². The number of aromatic nitrogens is 1. The highest BCUT2D eigenvalue weighted by Gasteiger charge is 2.59. The molecule has 4 fully saturated rings. The molecule has 118 valence electrons. The second-order valence-electron chi connectivity index (χ2n) is 7.44. The number of carbonyl (C=O) groups excluding carboxylic acids is 2. The highest BCUT2D eigenvalue weighted by molar-refractivity contribution is 9.10. The largest absolute Gasteiger partial charge is 0.301 e. The van der Waals surface area contributed by atoms with Crippen molar-refractivity contribution in [3.8, 4) is 0 Å². The minimum atomic E-state index is -0.240. The molecule has 22 heavy (non-hydrogen) atoms. The van der Waals surface area contributed by atoms with E-state index in [0.29, 0.717) is 22.7 Å². The Morgan fingerprint density at radius 2 is 2.00 bits per heavy atom. The van der Waals surface area contributed by atoms with Crippen molar-refractivity contribution in [1.82, 2.24) is 4.98 Å². The van der Waals surface area contributed by atoms with Gasteiger partial charge in [0.25, 0.3) is 0 Å². The number of hydrogen-bond acceptors (Lipinski definition) is 4. The molecule has 1 aromatic heterocycles. The van der Waals surface area contributed by atoms with E-state index in [1.54, 1.807) is 5.38 Å². The molecule has 1 heterocycles. The average Bonchev–Trinajstić information content (AvgIpc) is 2.84. The molecule has 0 saturated heterocycles. The summed E-state index contributed by atoms with van der Waals surface area (Å²) in [5.74, 6) is 1.40. The van der Waals surface area contributed by atoms with Crippen LogP contribution in [0.25, 0.3) is 0 Å². The van der Waals surface area contributed by atoms with Crippen LogP contribution < -0.4 is 5.32 Å². The summed E-state index contributed by atoms with van der Waals surface area (Å²) in [5.41, 5.74) is 0.193. The van der Waals surface area contributed by atoms with Crippen molar-refractivity contribution in [3.05, 3.63) is 11.1 Å². The lowest BCUT2D eigenvalue weighted by Crippen LogP contribution is -2.57. The topological polar surface area (TPSA) is 59.1 Å². The normalized spacial score (nSPS) is 39.0. The number of ketones is 1. The highest BCUT2D eigenvalue weighted by atomic mass is 79.9. The van der Waals surface area contributed by atoms with Crippen molar-refractivity contribution in [1.29, 1.82) is 0 Å².